The Morgan fingerprint density at radius 2 is 1.80 bits per heavy atom. The standard InChI is InChI=1S/C20H19N3O2/c1-23(2)17-11-9-16(10-12-17)22-20(24)15-6-5-7-18(14-15)25-19-8-3-4-13-21-19/h3-14H,1-2H3,(H,22,24). The first kappa shape index (κ1) is 16.5. The third-order valence-electron chi connectivity index (χ3n) is 3.60. The second-order valence-electron chi connectivity index (χ2n) is 5.69. The minimum absolute atomic E-state index is 0.191. The van der Waals surface area contributed by atoms with Crippen molar-refractivity contribution in [3.63, 3.8) is 0 Å². The van der Waals surface area contributed by atoms with E-state index in [1.807, 2.05) is 55.4 Å². The van der Waals surface area contributed by atoms with Gasteiger partial charge in [-0.3, -0.25) is 4.79 Å². The Balaban J connectivity index is 1.70. The van der Waals surface area contributed by atoms with Crippen molar-refractivity contribution in [3.8, 4) is 11.6 Å². The number of carbonyl (C=O) groups excluding carboxylic acids is 1. The van der Waals surface area contributed by atoms with Crippen molar-refractivity contribution in [2.75, 3.05) is 24.3 Å². The molecule has 25 heavy (non-hydrogen) atoms. The van der Waals surface area contributed by atoms with Crippen LogP contribution in [-0.2, 0) is 0 Å². The molecule has 0 saturated carbocycles. The molecule has 3 rings (SSSR count). The van der Waals surface area contributed by atoms with Crippen molar-refractivity contribution >= 4 is 17.3 Å². The highest BCUT2D eigenvalue weighted by Gasteiger charge is 2.08. The molecule has 2 aromatic carbocycles. The summed E-state index contributed by atoms with van der Waals surface area (Å²) in [5.74, 6) is 0.859. The van der Waals surface area contributed by atoms with Crippen LogP contribution in [0.4, 0.5) is 11.4 Å². The van der Waals surface area contributed by atoms with Crippen LogP contribution in [0.3, 0.4) is 0 Å². The lowest BCUT2D eigenvalue weighted by Crippen LogP contribution is -2.12. The van der Waals surface area contributed by atoms with Gasteiger partial charge in [0.15, 0.2) is 0 Å². The number of aromatic nitrogens is 1. The maximum atomic E-state index is 12.4. The third kappa shape index (κ3) is 4.35. The van der Waals surface area contributed by atoms with E-state index in [0.717, 1.165) is 11.4 Å². The number of ether oxygens (including phenoxy) is 1. The first-order valence-corrected chi connectivity index (χ1v) is 7.89. The molecular formula is C20H19N3O2. The summed E-state index contributed by atoms with van der Waals surface area (Å²) < 4.78 is 5.66. The molecule has 0 aliphatic heterocycles. The summed E-state index contributed by atoms with van der Waals surface area (Å²) in [6.45, 7) is 0. The zero-order chi connectivity index (χ0) is 17.6. The van der Waals surface area contributed by atoms with Gasteiger partial charge in [0.1, 0.15) is 5.75 Å². The van der Waals surface area contributed by atoms with Gasteiger partial charge in [0.25, 0.3) is 5.91 Å². The van der Waals surface area contributed by atoms with E-state index in [9.17, 15) is 4.79 Å². The molecule has 0 fully saturated rings. The Hall–Kier alpha value is -3.34. The zero-order valence-corrected chi connectivity index (χ0v) is 14.1. The molecule has 0 saturated heterocycles. The number of nitrogens with zero attached hydrogens (tertiary/aromatic N) is 2. The second-order valence-corrected chi connectivity index (χ2v) is 5.69. The number of hydrogen-bond donors (Lipinski definition) is 1. The zero-order valence-electron chi connectivity index (χ0n) is 14.1. The lowest BCUT2D eigenvalue weighted by molar-refractivity contribution is 0.102. The summed E-state index contributed by atoms with van der Waals surface area (Å²) in [5, 5.41) is 2.89. The molecule has 3 aromatic rings. The van der Waals surface area contributed by atoms with E-state index in [2.05, 4.69) is 10.3 Å². The Morgan fingerprint density at radius 3 is 2.48 bits per heavy atom. The van der Waals surface area contributed by atoms with Crippen molar-refractivity contribution in [2.24, 2.45) is 0 Å². The molecule has 1 aromatic heterocycles. The van der Waals surface area contributed by atoms with Crippen molar-refractivity contribution in [2.45, 2.75) is 0 Å². The van der Waals surface area contributed by atoms with Crippen LogP contribution in [0.5, 0.6) is 11.6 Å². The molecule has 5 nitrogen and oxygen atoms in total. The number of hydrogen-bond acceptors (Lipinski definition) is 4. The van der Waals surface area contributed by atoms with Crippen LogP contribution in [-0.4, -0.2) is 25.0 Å². The van der Waals surface area contributed by atoms with E-state index < -0.39 is 0 Å². The third-order valence-corrected chi connectivity index (χ3v) is 3.60. The monoisotopic (exact) mass is 333 g/mol. The molecule has 0 aliphatic carbocycles. The van der Waals surface area contributed by atoms with Gasteiger partial charge < -0.3 is 15.0 Å². The molecule has 0 bridgehead atoms. The van der Waals surface area contributed by atoms with Crippen LogP contribution in [0.25, 0.3) is 0 Å². The van der Waals surface area contributed by atoms with Gasteiger partial charge in [-0.15, -0.1) is 0 Å². The minimum atomic E-state index is -0.191. The van der Waals surface area contributed by atoms with Crippen LogP contribution < -0.4 is 15.0 Å². The predicted molar refractivity (Wildman–Crippen MR) is 99.5 cm³/mol. The highest BCUT2D eigenvalue weighted by molar-refractivity contribution is 6.04. The summed E-state index contributed by atoms with van der Waals surface area (Å²) in [6, 6.07) is 20.1. The number of amides is 1. The summed E-state index contributed by atoms with van der Waals surface area (Å²) in [4.78, 5) is 18.6. The first-order valence-electron chi connectivity index (χ1n) is 7.89. The Labute approximate surface area is 146 Å². The summed E-state index contributed by atoms with van der Waals surface area (Å²) >= 11 is 0. The predicted octanol–water partition coefficient (Wildman–Crippen LogP) is 4.19. The Morgan fingerprint density at radius 1 is 1.00 bits per heavy atom. The molecule has 1 amide bonds. The van der Waals surface area contributed by atoms with Gasteiger partial charge in [-0.05, 0) is 48.5 Å². The molecule has 0 atom stereocenters. The quantitative estimate of drug-likeness (QED) is 0.760. The van der Waals surface area contributed by atoms with E-state index in [1.54, 1.807) is 36.5 Å². The summed E-state index contributed by atoms with van der Waals surface area (Å²) in [5.41, 5.74) is 2.33. The van der Waals surface area contributed by atoms with Crippen LogP contribution >= 0.6 is 0 Å². The first-order chi connectivity index (χ1) is 12.1. The van der Waals surface area contributed by atoms with E-state index in [0.29, 0.717) is 17.2 Å². The average Bonchev–Trinajstić information content (AvgIpc) is 2.63. The fraction of sp³-hybridized carbons (Fsp3) is 0.100. The van der Waals surface area contributed by atoms with Crippen LogP contribution in [0.1, 0.15) is 10.4 Å². The fourth-order valence-electron chi connectivity index (χ4n) is 2.28. The molecule has 0 unspecified atom stereocenters. The number of rotatable bonds is 5. The minimum Gasteiger partial charge on any atom is -0.439 e. The largest absolute Gasteiger partial charge is 0.439 e. The maximum Gasteiger partial charge on any atom is 0.255 e. The van der Waals surface area contributed by atoms with Gasteiger partial charge >= 0.3 is 0 Å². The van der Waals surface area contributed by atoms with Gasteiger partial charge in [0, 0.05) is 43.3 Å². The van der Waals surface area contributed by atoms with Crippen LogP contribution in [0, 0.1) is 0 Å². The van der Waals surface area contributed by atoms with E-state index in [-0.39, 0.29) is 5.91 Å². The number of benzene rings is 2. The van der Waals surface area contributed by atoms with Gasteiger partial charge in [-0.2, -0.15) is 0 Å². The van der Waals surface area contributed by atoms with Crippen LogP contribution in [0.2, 0.25) is 0 Å². The van der Waals surface area contributed by atoms with Gasteiger partial charge in [0.2, 0.25) is 5.88 Å². The second kappa shape index (κ2) is 7.49. The molecule has 0 spiro atoms. The lowest BCUT2D eigenvalue weighted by Gasteiger charge is -2.13. The normalized spacial score (nSPS) is 10.2. The molecular weight excluding hydrogens is 314 g/mol. The summed E-state index contributed by atoms with van der Waals surface area (Å²) in [6.07, 6.45) is 1.66. The Bertz CT molecular complexity index is 846. The number of anilines is 2. The SMILES string of the molecule is CN(C)c1ccc(NC(=O)c2cccc(Oc3ccccn3)c2)cc1. The fourth-order valence-corrected chi connectivity index (χ4v) is 2.28. The Kier molecular flexibility index (Phi) is 4.95. The molecule has 0 radical (unpaired) electrons. The topological polar surface area (TPSA) is 54.5 Å². The molecule has 0 aliphatic rings. The summed E-state index contributed by atoms with van der Waals surface area (Å²) in [7, 11) is 3.95. The number of pyridine rings is 1. The van der Waals surface area contributed by atoms with E-state index >= 15 is 0 Å². The molecule has 5 heteroatoms. The molecule has 1 heterocycles. The lowest BCUT2D eigenvalue weighted by atomic mass is 10.2. The smallest absolute Gasteiger partial charge is 0.255 e. The van der Waals surface area contributed by atoms with Gasteiger partial charge in [-0.1, -0.05) is 12.1 Å². The highest BCUT2D eigenvalue weighted by atomic mass is 16.5. The van der Waals surface area contributed by atoms with Crippen molar-refractivity contribution in [1.82, 2.24) is 4.98 Å². The average molecular weight is 333 g/mol. The number of nitrogens with one attached hydrogen (secondary N) is 1. The van der Waals surface area contributed by atoms with Gasteiger partial charge in [0.05, 0.1) is 0 Å². The molecule has 1 N–H and O–H groups in total. The van der Waals surface area contributed by atoms with E-state index in [1.165, 1.54) is 0 Å². The number of carbonyl (C=O) groups is 1. The van der Waals surface area contributed by atoms with Crippen LogP contribution in [0.15, 0.2) is 72.9 Å². The highest BCUT2D eigenvalue weighted by Crippen LogP contribution is 2.21. The van der Waals surface area contributed by atoms with Crippen molar-refractivity contribution in [3.05, 3.63) is 78.5 Å². The molecule has 126 valence electrons. The van der Waals surface area contributed by atoms with E-state index in [4.69, 9.17) is 4.74 Å². The maximum absolute atomic E-state index is 12.4. The van der Waals surface area contributed by atoms with Crippen molar-refractivity contribution < 1.29 is 9.53 Å². The van der Waals surface area contributed by atoms with Gasteiger partial charge in [-0.25, -0.2) is 4.98 Å². The van der Waals surface area contributed by atoms with Crippen molar-refractivity contribution in [1.29, 1.82) is 0 Å².